The Morgan fingerprint density at radius 3 is 2.39 bits per heavy atom. The lowest BCUT2D eigenvalue weighted by Crippen LogP contribution is -2.34. The topological polar surface area (TPSA) is 84.1 Å². The molecular formula is C23H24N4O. The smallest absolute Gasteiger partial charge is 0.165 e. The van der Waals surface area contributed by atoms with Crippen molar-refractivity contribution < 1.29 is 5.11 Å². The molecule has 0 amide bonds. The minimum atomic E-state index is 0.0197. The highest BCUT2D eigenvalue weighted by Crippen LogP contribution is 2.33. The van der Waals surface area contributed by atoms with E-state index in [1.54, 1.807) is 6.07 Å². The number of hydrogen-bond acceptors (Lipinski definition) is 5. The summed E-state index contributed by atoms with van der Waals surface area (Å²) in [6.45, 7) is 4.81. The maximum absolute atomic E-state index is 10.6. The first kappa shape index (κ1) is 18.2. The molecule has 0 unspecified atom stereocenters. The molecule has 0 fully saturated rings. The number of benzene rings is 3. The molecule has 3 aromatic carbocycles. The molecule has 142 valence electrons. The van der Waals surface area contributed by atoms with Gasteiger partial charge in [-0.25, -0.2) is 9.97 Å². The van der Waals surface area contributed by atoms with Crippen LogP contribution in [0.15, 0.2) is 60.7 Å². The Morgan fingerprint density at radius 1 is 0.964 bits per heavy atom. The predicted octanol–water partition coefficient (Wildman–Crippen LogP) is 4.55. The van der Waals surface area contributed by atoms with Crippen molar-refractivity contribution in [3.8, 4) is 17.1 Å². The maximum Gasteiger partial charge on any atom is 0.165 e. The van der Waals surface area contributed by atoms with E-state index in [2.05, 4.69) is 19.2 Å². The Hall–Kier alpha value is -3.18. The Morgan fingerprint density at radius 2 is 1.64 bits per heavy atom. The zero-order valence-corrected chi connectivity index (χ0v) is 16.1. The van der Waals surface area contributed by atoms with Crippen molar-refractivity contribution in [2.24, 2.45) is 11.7 Å². The fourth-order valence-corrected chi connectivity index (χ4v) is 3.19. The number of aromatic nitrogens is 2. The van der Waals surface area contributed by atoms with E-state index < -0.39 is 0 Å². The number of nitrogens with one attached hydrogen (secondary N) is 1. The molecule has 0 aliphatic rings. The van der Waals surface area contributed by atoms with Gasteiger partial charge in [-0.1, -0.05) is 50.2 Å². The molecule has 5 nitrogen and oxygen atoms in total. The second kappa shape index (κ2) is 7.44. The average molecular weight is 372 g/mol. The molecule has 4 N–H and O–H groups in total. The molecule has 0 radical (unpaired) electrons. The number of anilines is 1. The lowest BCUT2D eigenvalue weighted by molar-refractivity contribution is 0.477. The number of phenols is 1. The van der Waals surface area contributed by atoms with Crippen LogP contribution in [-0.4, -0.2) is 27.7 Å². The number of hydrogen-bond donors (Lipinski definition) is 3. The SMILES string of the molecule is CC(C)[C@H](N)CNc1nc(-c2cc3ccccc3cc2O)nc2ccccc12. The number of nitrogens with zero attached hydrogens (tertiary/aromatic N) is 2. The lowest BCUT2D eigenvalue weighted by atomic mass is 10.0. The minimum absolute atomic E-state index is 0.0197. The predicted molar refractivity (Wildman–Crippen MR) is 115 cm³/mol. The standard InChI is InChI=1S/C23H24N4O/c1-14(2)19(24)13-25-22-17-9-5-6-10-20(17)26-23(27-22)18-11-15-7-3-4-8-16(15)12-21(18)28/h3-12,14,19,28H,13,24H2,1-2H3,(H,25,26,27)/t19-/m1/s1. The van der Waals surface area contributed by atoms with Crippen molar-refractivity contribution >= 4 is 27.5 Å². The van der Waals surface area contributed by atoms with Gasteiger partial charge in [0.15, 0.2) is 5.82 Å². The first-order chi connectivity index (χ1) is 13.5. The maximum atomic E-state index is 10.6. The largest absolute Gasteiger partial charge is 0.507 e. The Kier molecular flexibility index (Phi) is 4.84. The van der Waals surface area contributed by atoms with Crippen LogP contribution in [0.1, 0.15) is 13.8 Å². The molecule has 0 bridgehead atoms. The van der Waals surface area contributed by atoms with Crippen molar-refractivity contribution in [3.05, 3.63) is 60.7 Å². The number of aromatic hydroxyl groups is 1. The van der Waals surface area contributed by atoms with Crippen LogP contribution in [0.2, 0.25) is 0 Å². The first-order valence-corrected chi connectivity index (χ1v) is 9.51. The van der Waals surface area contributed by atoms with Gasteiger partial charge in [0.25, 0.3) is 0 Å². The van der Waals surface area contributed by atoms with E-state index in [1.165, 1.54) is 0 Å². The molecule has 0 aliphatic heterocycles. The van der Waals surface area contributed by atoms with E-state index >= 15 is 0 Å². The number of rotatable bonds is 5. The van der Waals surface area contributed by atoms with Gasteiger partial charge in [0.2, 0.25) is 0 Å². The molecule has 0 saturated carbocycles. The van der Waals surface area contributed by atoms with Crippen molar-refractivity contribution in [1.29, 1.82) is 0 Å². The summed E-state index contributed by atoms with van der Waals surface area (Å²) in [6, 6.07) is 19.5. The summed E-state index contributed by atoms with van der Waals surface area (Å²) in [6.07, 6.45) is 0. The quantitative estimate of drug-likeness (QED) is 0.479. The van der Waals surface area contributed by atoms with Crippen LogP contribution in [0, 0.1) is 5.92 Å². The van der Waals surface area contributed by atoms with Gasteiger partial charge in [-0.3, -0.25) is 0 Å². The van der Waals surface area contributed by atoms with Crippen LogP contribution < -0.4 is 11.1 Å². The molecule has 1 atom stereocenters. The number of fused-ring (bicyclic) bond motifs is 2. The highest BCUT2D eigenvalue weighted by molar-refractivity contribution is 5.93. The summed E-state index contributed by atoms with van der Waals surface area (Å²) in [7, 11) is 0. The van der Waals surface area contributed by atoms with E-state index in [0.29, 0.717) is 23.9 Å². The molecule has 1 heterocycles. The highest BCUT2D eigenvalue weighted by atomic mass is 16.3. The average Bonchev–Trinajstić information content (AvgIpc) is 2.70. The van der Waals surface area contributed by atoms with Crippen LogP contribution in [0.5, 0.6) is 5.75 Å². The zero-order valence-electron chi connectivity index (χ0n) is 16.1. The van der Waals surface area contributed by atoms with E-state index in [4.69, 9.17) is 15.7 Å². The monoisotopic (exact) mass is 372 g/mol. The van der Waals surface area contributed by atoms with Crippen molar-refractivity contribution in [3.63, 3.8) is 0 Å². The van der Waals surface area contributed by atoms with E-state index in [1.807, 2.05) is 54.6 Å². The van der Waals surface area contributed by atoms with E-state index in [0.717, 1.165) is 27.5 Å². The van der Waals surface area contributed by atoms with Gasteiger partial charge >= 0.3 is 0 Å². The third-order valence-corrected chi connectivity index (χ3v) is 5.07. The first-order valence-electron chi connectivity index (χ1n) is 9.51. The summed E-state index contributed by atoms with van der Waals surface area (Å²) in [5, 5.41) is 16.9. The molecule has 4 aromatic rings. The summed E-state index contributed by atoms with van der Waals surface area (Å²) in [4.78, 5) is 9.43. The van der Waals surface area contributed by atoms with Crippen LogP contribution in [-0.2, 0) is 0 Å². The Labute approximate surface area is 164 Å². The van der Waals surface area contributed by atoms with Gasteiger partial charge < -0.3 is 16.2 Å². The molecule has 4 rings (SSSR count). The van der Waals surface area contributed by atoms with Crippen LogP contribution >= 0.6 is 0 Å². The third-order valence-electron chi connectivity index (χ3n) is 5.07. The van der Waals surface area contributed by atoms with Crippen molar-refractivity contribution in [2.45, 2.75) is 19.9 Å². The van der Waals surface area contributed by atoms with Gasteiger partial charge in [-0.05, 0) is 41.0 Å². The number of phenolic OH excluding ortho intramolecular Hbond substituents is 1. The molecule has 1 aromatic heterocycles. The van der Waals surface area contributed by atoms with E-state index in [9.17, 15) is 5.11 Å². The van der Waals surface area contributed by atoms with Crippen LogP contribution in [0.3, 0.4) is 0 Å². The summed E-state index contributed by atoms with van der Waals surface area (Å²) < 4.78 is 0. The fourth-order valence-electron chi connectivity index (χ4n) is 3.19. The number of nitrogens with two attached hydrogens (primary N) is 1. The molecule has 0 saturated heterocycles. The molecule has 5 heteroatoms. The molecule has 0 spiro atoms. The van der Waals surface area contributed by atoms with Gasteiger partial charge in [-0.2, -0.15) is 0 Å². The molecule has 0 aliphatic carbocycles. The molecule has 28 heavy (non-hydrogen) atoms. The van der Waals surface area contributed by atoms with Gasteiger partial charge in [0.1, 0.15) is 11.6 Å². The third kappa shape index (κ3) is 3.49. The van der Waals surface area contributed by atoms with Crippen LogP contribution in [0.25, 0.3) is 33.1 Å². The van der Waals surface area contributed by atoms with E-state index in [-0.39, 0.29) is 11.8 Å². The van der Waals surface area contributed by atoms with Crippen LogP contribution in [0.4, 0.5) is 5.82 Å². The summed E-state index contributed by atoms with van der Waals surface area (Å²) >= 11 is 0. The van der Waals surface area contributed by atoms with Gasteiger partial charge in [0.05, 0.1) is 11.1 Å². The number of para-hydroxylation sites is 1. The zero-order chi connectivity index (χ0) is 19.7. The minimum Gasteiger partial charge on any atom is -0.507 e. The molecular weight excluding hydrogens is 348 g/mol. The second-order valence-corrected chi connectivity index (χ2v) is 7.42. The fraction of sp³-hybridized carbons (Fsp3) is 0.217. The normalized spacial score (nSPS) is 12.6. The summed E-state index contributed by atoms with van der Waals surface area (Å²) in [5.74, 6) is 1.75. The highest BCUT2D eigenvalue weighted by Gasteiger charge is 2.15. The Balaban J connectivity index is 1.83. The summed E-state index contributed by atoms with van der Waals surface area (Å²) in [5.41, 5.74) is 7.63. The van der Waals surface area contributed by atoms with Gasteiger partial charge in [-0.15, -0.1) is 0 Å². The Bertz CT molecular complexity index is 1140. The van der Waals surface area contributed by atoms with Crippen molar-refractivity contribution in [1.82, 2.24) is 9.97 Å². The second-order valence-electron chi connectivity index (χ2n) is 7.42. The van der Waals surface area contributed by atoms with Gasteiger partial charge in [0, 0.05) is 18.0 Å². The lowest BCUT2D eigenvalue weighted by Gasteiger charge is -2.18. The van der Waals surface area contributed by atoms with Crippen molar-refractivity contribution in [2.75, 3.05) is 11.9 Å².